The van der Waals surface area contributed by atoms with Gasteiger partial charge in [-0.25, -0.2) is 9.48 Å². The van der Waals surface area contributed by atoms with Gasteiger partial charge in [-0.1, -0.05) is 30.3 Å². The van der Waals surface area contributed by atoms with Gasteiger partial charge in [0.2, 0.25) is 0 Å². The zero-order valence-electron chi connectivity index (χ0n) is 15.5. The standard InChI is InChI=1S/C21H19N3O5/c25-20(22-11-17-13-27-18-8-4-5-9-19(18)29-17)14-28-21(26)15-10-23-24(12-15)16-6-2-1-3-7-16/h1-10,12,17H,11,13-14H2,(H,22,25). The number of rotatable bonds is 6. The molecule has 1 atom stereocenters. The van der Waals surface area contributed by atoms with Crippen molar-refractivity contribution >= 4 is 11.9 Å². The van der Waals surface area contributed by atoms with Crippen LogP contribution in [-0.2, 0) is 9.53 Å². The molecule has 29 heavy (non-hydrogen) atoms. The molecule has 2 aromatic carbocycles. The van der Waals surface area contributed by atoms with Crippen molar-refractivity contribution in [3.63, 3.8) is 0 Å². The summed E-state index contributed by atoms with van der Waals surface area (Å²) in [4.78, 5) is 24.1. The third kappa shape index (κ3) is 4.55. The van der Waals surface area contributed by atoms with Crippen molar-refractivity contribution in [3.8, 4) is 17.2 Å². The summed E-state index contributed by atoms with van der Waals surface area (Å²) in [7, 11) is 0. The number of ether oxygens (including phenoxy) is 3. The van der Waals surface area contributed by atoms with Gasteiger partial charge in [0.15, 0.2) is 18.1 Å². The molecule has 8 heteroatoms. The summed E-state index contributed by atoms with van der Waals surface area (Å²) in [5.41, 5.74) is 1.09. The predicted octanol–water partition coefficient (Wildman–Crippen LogP) is 1.99. The second kappa shape index (κ2) is 8.47. The van der Waals surface area contributed by atoms with Crippen LogP contribution < -0.4 is 14.8 Å². The zero-order valence-corrected chi connectivity index (χ0v) is 15.5. The Labute approximate surface area is 167 Å². The minimum absolute atomic E-state index is 0.247. The largest absolute Gasteiger partial charge is 0.486 e. The highest BCUT2D eigenvalue weighted by atomic mass is 16.6. The van der Waals surface area contributed by atoms with Gasteiger partial charge in [-0.2, -0.15) is 5.10 Å². The maximum atomic E-state index is 12.1. The first-order chi connectivity index (χ1) is 14.2. The lowest BCUT2D eigenvalue weighted by Crippen LogP contribution is -2.42. The van der Waals surface area contributed by atoms with E-state index in [1.807, 2.05) is 48.5 Å². The van der Waals surface area contributed by atoms with Crippen molar-refractivity contribution < 1.29 is 23.8 Å². The van der Waals surface area contributed by atoms with Crippen molar-refractivity contribution in [3.05, 3.63) is 72.6 Å². The van der Waals surface area contributed by atoms with Crippen LogP contribution in [0.2, 0.25) is 0 Å². The van der Waals surface area contributed by atoms with Gasteiger partial charge in [-0.3, -0.25) is 4.79 Å². The van der Waals surface area contributed by atoms with Gasteiger partial charge in [0.05, 0.1) is 24.0 Å². The van der Waals surface area contributed by atoms with E-state index in [0.29, 0.717) is 18.1 Å². The second-order valence-electron chi connectivity index (χ2n) is 6.39. The van der Waals surface area contributed by atoms with Crippen molar-refractivity contribution in [1.82, 2.24) is 15.1 Å². The Morgan fingerprint density at radius 2 is 1.86 bits per heavy atom. The molecule has 1 amide bonds. The monoisotopic (exact) mass is 393 g/mol. The van der Waals surface area contributed by atoms with Gasteiger partial charge in [-0.05, 0) is 24.3 Å². The lowest BCUT2D eigenvalue weighted by atomic mass is 10.2. The van der Waals surface area contributed by atoms with Crippen molar-refractivity contribution in [2.75, 3.05) is 19.8 Å². The van der Waals surface area contributed by atoms with Crippen molar-refractivity contribution in [2.45, 2.75) is 6.10 Å². The molecule has 1 N–H and O–H groups in total. The fourth-order valence-corrected chi connectivity index (χ4v) is 2.81. The Kier molecular flexibility index (Phi) is 5.42. The third-order valence-electron chi connectivity index (χ3n) is 4.27. The number of carbonyl (C=O) groups is 2. The number of para-hydroxylation sites is 3. The van der Waals surface area contributed by atoms with Gasteiger partial charge in [0.1, 0.15) is 12.7 Å². The number of nitrogens with zero attached hydrogens (tertiary/aromatic N) is 2. The molecule has 2 heterocycles. The summed E-state index contributed by atoms with van der Waals surface area (Å²) in [6.07, 6.45) is 2.65. The number of nitrogens with one attached hydrogen (secondary N) is 1. The number of aromatic nitrogens is 2. The molecule has 0 saturated carbocycles. The van der Waals surface area contributed by atoms with Crippen LogP contribution in [0.15, 0.2) is 67.0 Å². The highest BCUT2D eigenvalue weighted by Crippen LogP contribution is 2.30. The first kappa shape index (κ1) is 18.5. The van der Waals surface area contributed by atoms with E-state index in [1.165, 1.54) is 6.20 Å². The summed E-state index contributed by atoms with van der Waals surface area (Å²) < 4.78 is 18.0. The van der Waals surface area contributed by atoms with E-state index >= 15 is 0 Å². The smallest absolute Gasteiger partial charge is 0.341 e. The molecule has 148 valence electrons. The van der Waals surface area contributed by atoms with Crippen LogP contribution in [0.3, 0.4) is 0 Å². The van der Waals surface area contributed by atoms with E-state index in [0.717, 1.165) is 5.69 Å². The molecular formula is C21H19N3O5. The molecular weight excluding hydrogens is 374 g/mol. The van der Waals surface area contributed by atoms with Crippen LogP contribution in [0.1, 0.15) is 10.4 Å². The van der Waals surface area contributed by atoms with E-state index < -0.39 is 11.9 Å². The van der Waals surface area contributed by atoms with Gasteiger partial charge in [0.25, 0.3) is 5.91 Å². The fraction of sp³-hybridized carbons (Fsp3) is 0.190. The van der Waals surface area contributed by atoms with E-state index in [4.69, 9.17) is 14.2 Å². The molecule has 0 spiro atoms. The molecule has 1 aliphatic heterocycles. The van der Waals surface area contributed by atoms with Gasteiger partial charge < -0.3 is 19.5 Å². The molecule has 1 aliphatic rings. The quantitative estimate of drug-likeness (QED) is 0.644. The number of benzene rings is 2. The van der Waals surface area contributed by atoms with E-state index in [1.54, 1.807) is 16.9 Å². The number of hydrogen-bond donors (Lipinski definition) is 1. The Morgan fingerprint density at radius 1 is 1.10 bits per heavy atom. The number of amides is 1. The minimum atomic E-state index is -0.617. The van der Waals surface area contributed by atoms with Gasteiger partial charge in [-0.15, -0.1) is 0 Å². The van der Waals surface area contributed by atoms with E-state index in [2.05, 4.69) is 10.4 Å². The summed E-state index contributed by atoms with van der Waals surface area (Å²) in [5.74, 6) is 0.282. The van der Waals surface area contributed by atoms with Crippen LogP contribution in [-0.4, -0.2) is 47.5 Å². The van der Waals surface area contributed by atoms with Crippen LogP contribution in [0.5, 0.6) is 11.5 Å². The first-order valence-corrected chi connectivity index (χ1v) is 9.11. The molecule has 0 radical (unpaired) electrons. The average molecular weight is 393 g/mol. The number of esters is 1. The van der Waals surface area contributed by atoms with Crippen LogP contribution in [0, 0.1) is 0 Å². The molecule has 0 aliphatic carbocycles. The Morgan fingerprint density at radius 3 is 2.69 bits per heavy atom. The summed E-state index contributed by atoms with van der Waals surface area (Å²) in [6, 6.07) is 16.7. The summed E-state index contributed by atoms with van der Waals surface area (Å²) in [5, 5.41) is 6.81. The third-order valence-corrected chi connectivity index (χ3v) is 4.27. The number of carbonyl (C=O) groups excluding carboxylic acids is 2. The van der Waals surface area contributed by atoms with Crippen LogP contribution in [0.4, 0.5) is 0 Å². The SMILES string of the molecule is O=C(COC(=O)c1cnn(-c2ccccc2)c1)NCC1COc2ccccc2O1. The fourth-order valence-electron chi connectivity index (χ4n) is 2.81. The average Bonchev–Trinajstić information content (AvgIpc) is 3.27. The van der Waals surface area contributed by atoms with Crippen LogP contribution in [0.25, 0.3) is 5.69 Å². The Balaban J connectivity index is 1.23. The molecule has 0 saturated heterocycles. The predicted molar refractivity (Wildman–Crippen MR) is 103 cm³/mol. The van der Waals surface area contributed by atoms with Crippen molar-refractivity contribution in [1.29, 1.82) is 0 Å². The Bertz CT molecular complexity index is 1000. The first-order valence-electron chi connectivity index (χ1n) is 9.11. The van der Waals surface area contributed by atoms with E-state index in [-0.39, 0.29) is 24.8 Å². The molecule has 1 unspecified atom stereocenters. The molecule has 3 aromatic rings. The maximum absolute atomic E-state index is 12.1. The Hall–Kier alpha value is -3.81. The second-order valence-corrected chi connectivity index (χ2v) is 6.39. The van der Waals surface area contributed by atoms with Gasteiger partial charge in [0, 0.05) is 6.20 Å². The van der Waals surface area contributed by atoms with E-state index in [9.17, 15) is 9.59 Å². The van der Waals surface area contributed by atoms with Gasteiger partial charge >= 0.3 is 5.97 Å². The topological polar surface area (TPSA) is 91.7 Å². The molecule has 8 nitrogen and oxygen atoms in total. The van der Waals surface area contributed by atoms with Crippen LogP contribution >= 0.6 is 0 Å². The zero-order chi connectivity index (χ0) is 20.1. The number of hydrogen-bond acceptors (Lipinski definition) is 6. The molecule has 4 rings (SSSR count). The summed E-state index contributed by atoms with van der Waals surface area (Å²) in [6.45, 7) is 0.186. The maximum Gasteiger partial charge on any atom is 0.341 e. The molecule has 1 aromatic heterocycles. The molecule has 0 bridgehead atoms. The lowest BCUT2D eigenvalue weighted by molar-refractivity contribution is -0.124. The minimum Gasteiger partial charge on any atom is -0.486 e. The number of fused-ring (bicyclic) bond motifs is 1. The van der Waals surface area contributed by atoms with Crippen molar-refractivity contribution in [2.24, 2.45) is 0 Å². The summed E-state index contributed by atoms with van der Waals surface area (Å²) >= 11 is 0. The molecule has 0 fully saturated rings. The highest BCUT2D eigenvalue weighted by Gasteiger charge is 2.21. The highest BCUT2D eigenvalue weighted by molar-refractivity contribution is 5.90. The normalized spacial score (nSPS) is 14.8. The lowest BCUT2D eigenvalue weighted by Gasteiger charge is -2.26.